The minimum atomic E-state index is 0.235. The highest BCUT2D eigenvalue weighted by Gasteiger charge is 2.29. The Morgan fingerprint density at radius 1 is 1.23 bits per heavy atom. The second-order valence-electron chi connectivity index (χ2n) is 6.21. The number of piperidine rings is 1. The lowest BCUT2D eigenvalue weighted by Crippen LogP contribution is -2.45. The molecule has 0 unspecified atom stereocenters. The molecule has 2 fully saturated rings. The van der Waals surface area contributed by atoms with Crippen LogP contribution in [-0.2, 0) is 11.3 Å². The molecule has 3 heterocycles. The third kappa shape index (κ3) is 3.27. The number of amides is 2. The zero-order chi connectivity index (χ0) is 15.4. The molecule has 0 atom stereocenters. The maximum atomic E-state index is 12.4. The molecule has 22 heavy (non-hydrogen) atoms. The molecule has 2 amide bonds. The third-order valence-electron chi connectivity index (χ3n) is 4.79. The van der Waals surface area contributed by atoms with E-state index in [2.05, 4.69) is 9.55 Å². The fourth-order valence-electron chi connectivity index (χ4n) is 3.50. The Labute approximate surface area is 132 Å². The van der Waals surface area contributed by atoms with Gasteiger partial charge in [-0.05, 0) is 25.7 Å². The van der Waals surface area contributed by atoms with E-state index in [1.54, 1.807) is 7.11 Å². The fraction of sp³-hybridized carbons (Fsp3) is 0.750. The van der Waals surface area contributed by atoms with Crippen molar-refractivity contribution >= 4 is 6.03 Å². The summed E-state index contributed by atoms with van der Waals surface area (Å²) in [4.78, 5) is 21.0. The van der Waals surface area contributed by atoms with Crippen molar-refractivity contribution in [3.63, 3.8) is 0 Å². The lowest BCUT2D eigenvalue weighted by molar-refractivity contribution is 0.147. The van der Waals surface area contributed by atoms with E-state index in [0.29, 0.717) is 12.5 Å². The van der Waals surface area contributed by atoms with Crippen LogP contribution in [0, 0.1) is 0 Å². The first-order chi connectivity index (χ1) is 10.8. The highest BCUT2D eigenvalue weighted by atomic mass is 16.5. The summed E-state index contributed by atoms with van der Waals surface area (Å²) in [5, 5.41) is 0. The lowest BCUT2D eigenvalue weighted by Gasteiger charge is -2.34. The van der Waals surface area contributed by atoms with Crippen molar-refractivity contribution in [3.8, 4) is 0 Å². The van der Waals surface area contributed by atoms with E-state index < -0.39 is 0 Å². The molecule has 6 nitrogen and oxygen atoms in total. The number of carbonyl (C=O) groups is 1. The molecule has 0 saturated carbocycles. The topological polar surface area (TPSA) is 50.6 Å². The van der Waals surface area contributed by atoms with Gasteiger partial charge in [0.05, 0.1) is 6.61 Å². The number of imidazole rings is 1. The number of carbonyl (C=O) groups excluding carboxylic acids is 1. The molecular weight excluding hydrogens is 280 g/mol. The number of methoxy groups -OCH3 is 1. The largest absolute Gasteiger partial charge is 0.383 e. The van der Waals surface area contributed by atoms with Crippen molar-refractivity contribution in [3.05, 3.63) is 18.2 Å². The van der Waals surface area contributed by atoms with Crippen molar-refractivity contribution in [1.29, 1.82) is 0 Å². The minimum absolute atomic E-state index is 0.235. The predicted octanol–water partition coefficient (Wildman–Crippen LogP) is 1.92. The number of rotatable bonds is 4. The Morgan fingerprint density at radius 3 is 2.59 bits per heavy atom. The molecule has 2 saturated heterocycles. The van der Waals surface area contributed by atoms with E-state index in [9.17, 15) is 4.79 Å². The van der Waals surface area contributed by atoms with E-state index >= 15 is 0 Å². The molecule has 0 N–H and O–H groups in total. The third-order valence-corrected chi connectivity index (χ3v) is 4.79. The van der Waals surface area contributed by atoms with Crippen LogP contribution in [0.25, 0.3) is 0 Å². The minimum Gasteiger partial charge on any atom is -0.383 e. The standard InChI is InChI=1S/C16H26N4O2/c1-22-13-12-18-11-6-17-15(18)14-4-9-20(10-5-14)16(21)19-7-2-3-8-19/h6,11,14H,2-5,7-10,12-13H2,1H3. The summed E-state index contributed by atoms with van der Waals surface area (Å²) in [5.41, 5.74) is 0. The zero-order valence-electron chi connectivity index (χ0n) is 13.4. The molecule has 0 radical (unpaired) electrons. The van der Waals surface area contributed by atoms with Crippen LogP contribution in [0.5, 0.6) is 0 Å². The molecule has 0 aromatic carbocycles. The van der Waals surface area contributed by atoms with Gasteiger partial charge in [-0.2, -0.15) is 0 Å². The number of nitrogens with zero attached hydrogens (tertiary/aromatic N) is 4. The van der Waals surface area contributed by atoms with Gasteiger partial charge < -0.3 is 19.1 Å². The van der Waals surface area contributed by atoms with Gasteiger partial charge in [-0.15, -0.1) is 0 Å². The first kappa shape index (κ1) is 15.3. The van der Waals surface area contributed by atoms with Crippen LogP contribution in [0.15, 0.2) is 12.4 Å². The Hall–Kier alpha value is -1.56. The second-order valence-corrected chi connectivity index (χ2v) is 6.21. The van der Waals surface area contributed by atoms with Gasteiger partial charge in [0.25, 0.3) is 0 Å². The van der Waals surface area contributed by atoms with Crippen LogP contribution in [0.4, 0.5) is 4.79 Å². The Bertz CT molecular complexity index is 488. The highest BCUT2D eigenvalue weighted by Crippen LogP contribution is 2.27. The van der Waals surface area contributed by atoms with Crippen LogP contribution in [-0.4, -0.2) is 65.3 Å². The quantitative estimate of drug-likeness (QED) is 0.854. The van der Waals surface area contributed by atoms with Gasteiger partial charge in [-0.1, -0.05) is 0 Å². The average molecular weight is 306 g/mol. The predicted molar refractivity (Wildman–Crippen MR) is 83.9 cm³/mol. The van der Waals surface area contributed by atoms with Crippen molar-refractivity contribution in [2.45, 2.75) is 38.1 Å². The Morgan fingerprint density at radius 2 is 1.91 bits per heavy atom. The number of ether oxygens (including phenoxy) is 1. The maximum absolute atomic E-state index is 12.4. The molecule has 2 aliphatic heterocycles. The molecule has 0 aliphatic carbocycles. The van der Waals surface area contributed by atoms with Crippen LogP contribution < -0.4 is 0 Å². The van der Waals surface area contributed by atoms with Gasteiger partial charge in [-0.25, -0.2) is 9.78 Å². The number of hydrogen-bond donors (Lipinski definition) is 0. The van der Waals surface area contributed by atoms with Crippen LogP contribution in [0.1, 0.15) is 37.4 Å². The van der Waals surface area contributed by atoms with Gasteiger partial charge in [0, 0.05) is 58.1 Å². The lowest BCUT2D eigenvalue weighted by atomic mass is 9.96. The van der Waals surface area contributed by atoms with Crippen molar-refractivity contribution in [2.24, 2.45) is 0 Å². The molecule has 2 aliphatic rings. The summed E-state index contributed by atoms with van der Waals surface area (Å²) in [5.74, 6) is 1.60. The van der Waals surface area contributed by atoms with E-state index in [0.717, 1.165) is 64.2 Å². The Balaban J connectivity index is 1.55. The zero-order valence-corrected chi connectivity index (χ0v) is 13.4. The summed E-state index contributed by atoms with van der Waals surface area (Å²) in [6.07, 6.45) is 8.20. The van der Waals surface area contributed by atoms with E-state index in [4.69, 9.17) is 4.74 Å². The fourth-order valence-corrected chi connectivity index (χ4v) is 3.50. The number of urea groups is 1. The van der Waals surface area contributed by atoms with Crippen LogP contribution in [0.2, 0.25) is 0 Å². The van der Waals surface area contributed by atoms with Crippen molar-refractivity contribution in [1.82, 2.24) is 19.4 Å². The molecule has 1 aromatic rings. The molecule has 6 heteroatoms. The summed E-state index contributed by atoms with van der Waals surface area (Å²) < 4.78 is 7.34. The summed E-state index contributed by atoms with van der Waals surface area (Å²) in [7, 11) is 1.72. The molecule has 3 rings (SSSR count). The summed E-state index contributed by atoms with van der Waals surface area (Å²) in [6, 6.07) is 0.235. The van der Waals surface area contributed by atoms with Crippen LogP contribution in [0.3, 0.4) is 0 Å². The molecule has 0 spiro atoms. The first-order valence-corrected chi connectivity index (χ1v) is 8.33. The smallest absolute Gasteiger partial charge is 0.319 e. The van der Waals surface area contributed by atoms with E-state index in [1.165, 1.54) is 0 Å². The summed E-state index contributed by atoms with van der Waals surface area (Å²) in [6.45, 7) is 5.10. The van der Waals surface area contributed by atoms with Crippen molar-refractivity contribution in [2.75, 3.05) is 39.9 Å². The highest BCUT2D eigenvalue weighted by molar-refractivity contribution is 5.74. The molecular formula is C16H26N4O2. The van der Waals surface area contributed by atoms with Gasteiger partial charge in [0.2, 0.25) is 0 Å². The summed E-state index contributed by atoms with van der Waals surface area (Å²) >= 11 is 0. The van der Waals surface area contributed by atoms with Gasteiger partial charge >= 0.3 is 6.03 Å². The van der Waals surface area contributed by atoms with E-state index in [-0.39, 0.29) is 6.03 Å². The second kappa shape index (κ2) is 7.13. The SMILES string of the molecule is COCCn1ccnc1C1CCN(C(=O)N2CCCC2)CC1. The Kier molecular flexibility index (Phi) is 4.97. The number of aromatic nitrogens is 2. The van der Waals surface area contributed by atoms with Gasteiger partial charge in [0.15, 0.2) is 0 Å². The molecule has 122 valence electrons. The number of likely N-dealkylation sites (tertiary alicyclic amines) is 2. The first-order valence-electron chi connectivity index (χ1n) is 8.33. The monoisotopic (exact) mass is 306 g/mol. The molecule has 0 bridgehead atoms. The van der Waals surface area contributed by atoms with Crippen molar-refractivity contribution < 1.29 is 9.53 Å². The number of hydrogen-bond acceptors (Lipinski definition) is 3. The maximum Gasteiger partial charge on any atom is 0.319 e. The van der Waals surface area contributed by atoms with Gasteiger partial charge in [-0.3, -0.25) is 0 Å². The van der Waals surface area contributed by atoms with E-state index in [1.807, 2.05) is 22.2 Å². The average Bonchev–Trinajstić information content (AvgIpc) is 3.24. The molecule has 1 aromatic heterocycles. The van der Waals surface area contributed by atoms with Crippen LogP contribution >= 0.6 is 0 Å². The van der Waals surface area contributed by atoms with Gasteiger partial charge in [0.1, 0.15) is 5.82 Å². The normalized spacial score (nSPS) is 19.9.